The van der Waals surface area contributed by atoms with E-state index in [2.05, 4.69) is 15.7 Å². The van der Waals surface area contributed by atoms with Gasteiger partial charge in [0.25, 0.3) is 0 Å². The molecule has 118 valence electrons. The van der Waals surface area contributed by atoms with E-state index >= 15 is 0 Å². The van der Waals surface area contributed by atoms with Crippen LogP contribution in [0, 0.1) is 0 Å². The number of carbonyl (C=O) groups excluding carboxylic acids is 1. The molecule has 0 saturated heterocycles. The molecule has 0 saturated carbocycles. The van der Waals surface area contributed by atoms with Gasteiger partial charge in [0.2, 0.25) is 0 Å². The molecule has 1 heterocycles. The summed E-state index contributed by atoms with van der Waals surface area (Å²) in [6.45, 7) is 2.18. The van der Waals surface area contributed by atoms with Crippen LogP contribution >= 0.6 is 11.6 Å². The van der Waals surface area contributed by atoms with Crippen LogP contribution < -0.4 is 10.6 Å². The smallest absolute Gasteiger partial charge is 0.319 e. The second kappa shape index (κ2) is 7.82. The molecule has 22 heavy (non-hydrogen) atoms. The number of aromatic nitrogens is 2. The third-order valence-electron chi connectivity index (χ3n) is 3.09. The van der Waals surface area contributed by atoms with Gasteiger partial charge in [-0.05, 0) is 24.6 Å². The highest BCUT2D eigenvalue weighted by Gasteiger charge is 2.12. The lowest BCUT2D eigenvalue weighted by Gasteiger charge is -2.15. The van der Waals surface area contributed by atoms with E-state index in [0.717, 1.165) is 6.42 Å². The molecule has 0 aliphatic rings. The molecule has 0 bridgehead atoms. The lowest BCUT2D eigenvalue weighted by Crippen LogP contribution is -2.35. The van der Waals surface area contributed by atoms with Gasteiger partial charge in [0.05, 0.1) is 16.8 Å². The number of rotatable bonds is 6. The molecular formula is C15H19ClN4O2. The van der Waals surface area contributed by atoms with Crippen molar-refractivity contribution >= 4 is 23.3 Å². The number of halogens is 1. The number of hydrogen-bond donors (Lipinski definition) is 3. The van der Waals surface area contributed by atoms with E-state index in [0.29, 0.717) is 22.8 Å². The fraction of sp³-hybridized carbons (Fsp3) is 0.333. The highest BCUT2D eigenvalue weighted by molar-refractivity contribution is 6.33. The zero-order valence-electron chi connectivity index (χ0n) is 12.3. The first-order valence-corrected chi connectivity index (χ1v) is 7.51. The molecule has 1 atom stereocenters. The van der Waals surface area contributed by atoms with E-state index in [1.807, 2.05) is 6.92 Å². The van der Waals surface area contributed by atoms with Gasteiger partial charge in [0.1, 0.15) is 5.69 Å². The molecule has 0 aliphatic carbocycles. The maximum atomic E-state index is 11.9. The van der Waals surface area contributed by atoms with E-state index in [-0.39, 0.29) is 6.54 Å². The molecule has 1 aromatic carbocycles. The van der Waals surface area contributed by atoms with Crippen LogP contribution in [0.3, 0.4) is 0 Å². The second-order valence-electron chi connectivity index (χ2n) is 4.86. The number of aliphatic hydroxyl groups excluding tert-OH is 1. The Bertz CT molecular complexity index is 616. The quantitative estimate of drug-likeness (QED) is 0.765. The van der Waals surface area contributed by atoms with Crippen LogP contribution in [0.25, 0.3) is 5.69 Å². The Morgan fingerprint density at radius 3 is 2.95 bits per heavy atom. The summed E-state index contributed by atoms with van der Waals surface area (Å²) in [6, 6.07) is 6.59. The van der Waals surface area contributed by atoms with Gasteiger partial charge in [0.15, 0.2) is 0 Å². The Balaban J connectivity index is 2.07. The van der Waals surface area contributed by atoms with E-state index in [4.69, 9.17) is 11.6 Å². The Kier molecular flexibility index (Phi) is 5.80. The monoisotopic (exact) mass is 322 g/mol. The van der Waals surface area contributed by atoms with Gasteiger partial charge in [-0.2, -0.15) is 5.10 Å². The predicted octanol–water partition coefficient (Wildman–Crippen LogP) is 2.81. The van der Waals surface area contributed by atoms with Crippen molar-refractivity contribution in [3.05, 3.63) is 41.7 Å². The van der Waals surface area contributed by atoms with Crippen LogP contribution in [0.15, 0.2) is 36.7 Å². The number of nitrogens with zero attached hydrogens (tertiary/aromatic N) is 2. The number of benzene rings is 1. The number of anilines is 1. The van der Waals surface area contributed by atoms with Crippen molar-refractivity contribution in [3.63, 3.8) is 0 Å². The van der Waals surface area contributed by atoms with Gasteiger partial charge in [0, 0.05) is 18.9 Å². The molecule has 1 aromatic heterocycles. The molecule has 0 fully saturated rings. The maximum absolute atomic E-state index is 11.9. The Morgan fingerprint density at radius 2 is 2.27 bits per heavy atom. The molecule has 6 nitrogen and oxygen atoms in total. The van der Waals surface area contributed by atoms with Crippen LogP contribution in [-0.2, 0) is 0 Å². The Morgan fingerprint density at radius 1 is 1.45 bits per heavy atom. The van der Waals surface area contributed by atoms with Gasteiger partial charge in [-0.1, -0.05) is 31.0 Å². The van der Waals surface area contributed by atoms with E-state index in [1.165, 1.54) is 0 Å². The number of para-hydroxylation sites is 1. The summed E-state index contributed by atoms with van der Waals surface area (Å²) >= 11 is 6.20. The van der Waals surface area contributed by atoms with Gasteiger partial charge in [-0.25, -0.2) is 9.48 Å². The molecule has 2 amide bonds. The van der Waals surface area contributed by atoms with Crippen LogP contribution in [0.5, 0.6) is 0 Å². The molecule has 0 radical (unpaired) electrons. The lowest BCUT2D eigenvalue weighted by molar-refractivity contribution is 0.162. The van der Waals surface area contributed by atoms with Crippen LogP contribution in [0.1, 0.15) is 19.8 Å². The average molecular weight is 323 g/mol. The van der Waals surface area contributed by atoms with Crippen molar-refractivity contribution in [1.82, 2.24) is 15.1 Å². The first-order valence-electron chi connectivity index (χ1n) is 7.13. The normalized spacial score (nSPS) is 12.0. The van der Waals surface area contributed by atoms with Gasteiger partial charge >= 0.3 is 6.03 Å². The van der Waals surface area contributed by atoms with Gasteiger partial charge < -0.3 is 15.7 Å². The number of nitrogens with one attached hydrogen (secondary N) is 2. The Labute approximate surface area is 134 Å². The summed E-state index contributed by atoms with van der Waals surface area (Å²) in [4.78, 5) is 11.9. The fourth-order valence-electron chi connectivity index (χ4n) is 2.06. The number of amides is 2. The number of hydrogen-bond acceptors (Lipinski definition) is 3. The summed E-state index contributed by atoms with van der Waals surface area (Å²) in [6.07, 6.45) is 4.35. The lowest BCUT2D eigenvalue weighted by atomic mass is 10.2. The van der Waals surface area contributed by atoms with Gasteiger partial charge in [-0.15, -0.1) is 0 Å². The molecule has 2 aromatic rings. The van der Waals surface area contributed by atoms with Crippen molar-refractivity contribution in [2.45, 2.75) is 25.9 Å². The van der Waals surface area contributed by atoms with E-state index in [1.54, 1.807) is 41.3 Å². The highest BCUT2D eigenvalue weighted by atomic mass is 35.5. The summed E-state index contributed by atoms with van der Waals surface area (Å²) in [5.41, 5.74) is 1.14. The average Bonchev–Trinajstić information content (AvgIpc) is 2.99. The van der Waals surface area contributed by atoms with Crippen LogP contribution in [0.2, 0.25) is 5.02 Å². The molecule has 0 spiro atoms. The van der Waals surface area contributed by atoms with E-state index in [9.17, 15) is 9.90 Å². The number of urea groups is 1. The van der Waals surface area contributed by atoms with Crippen LogP contribution in [0.4, 0.5) is 10.5 Å². The van der Waals surface area contributed by atoms with Gasteiger partial charge in [-0.3, -0.25) is 0 Å². The Hall–Kier alpha value is -2.05. The molecule has 2 rings (SSSR count). The zero-order chi connectivity index (χ0) is 15.9. The molecule has 0 aliphatic heterocycles. The first-order chi connectivity index (χ1) is 10.6. The third kappa shape index (κ3) is 4.22. The minimum Gasteiger partial charge on any atom is -0.391 e. The molecular weight excluding hydrogens is 304 g/mol. The first kappa shape index (κ1) is 16.3. The molecule has 1 unspecified atom stereocenters. The van der Waals surface area contributed by atoms with Crippen LogP contribution in [-0.4, -0.2) is 33.6 Å². The minimum absolute atomic E-state index is 0.206. The molecule has 7 heteroatoms. The fourth-order valence-corrected chi connectivity index (χ4v) is 2.32. The standard InChI is InChI=1S/C15H19ClN4O2/c1-2-5-11(21)10-17-15(22)19-13-7-3-6-12(16)14(13)20-9-4-8-18-20/h3-4,6-9,11,21H,2,5,10H2,1H3,(H2,17,19,22). The minimum atomic E-state index is -0.541. The highest BCUT2D eigenvalue weighted by Crippen LogP contribution is 2.27. The topological polar surface area (TPSA) is 79.2 Å². The van der Waals surface area contributed by atoms with Crippen molar-refractivity contribution in [3.8, 4) is 5.69 Å². The second-order valence-corrected chi connectivity index (χ2v) is 5.27. The summed E-state index contributed by atoms with van der Waals surface area (Å²) in [7, 11) is 0. The summed E-state index contributed by atoms with van der Waals surface area (Å²) in [5.74, 6) is 0. The SMILES string of the molecule is CCCC(O)CNC(=O)Nc1cccc(Cl)c1-n1cccn1. The zero-order valence-corrected chi connectivity index (χ0v) is 13.0. The van der Waals surface area contributed by atoms with Crippen molar-refractivity contribution in [2.24, 2.45) is 0 Å². The maximum Gasteiger partial charge on any atom is 0.319 e. The molecule has 3 N–H and O–H groups in total. The van der Waals surface area contributed by atoms with E-state index < -0.39 is 12.1 Å². The van der Waals surface area contributed by atoms with Crippen molar-refractivity contribution < 1.29 is 9.90 Å². The number of aliphatic hydroxyl groups is 1. The predicted molar refractivity (Wildman–Crippen MR) is 86.5 cm³/mol. The summed E-state index contributed by atoms with van der Waals surface area (Å²) < 4.78 is 1.59. The number of carbonyl (C=O) groups is 1. The third-order valence-corrected chi connectivity index (χ3v) is 3.39. The van der Waals surface area contributed by atoms with Crippen molar-refractivity contribution in [1.29, 1.82) is 0 Å². The summed E-state index contributed by atoms with van der Waals surface area (Å²) in [5, 5.41) is 19.6. The largest absolute Gasteiger partial charge is 0.391 e. The van der Waals surface area contributed by atoms with Crippen molar-refractivity contribution in [2.75, 3.05) is 11.9 Å².